The van der Waals surface area contributed by atoms with Crippen LogP contribution in [0.3, 0.4) is 0 Å². The number of phenols is 1. The fraction of sp³-hybridized carbons (Fsp3) is 0.526. The number of amides is 1. The molecule has 23 heavy (non-hydrogen) atoms. The maximum atomic E-state index is 11.5. The van der Waals surface area contributed by atoms with Crippen LogP contribution >= 0.6 is 0 Å². The number of hydrogen-bond donors (Lipinski definition) is 3. The topological polar surface area (TPSA) is 75.4 Å². The van der Waals surface area contributed by atoms with Crippen molar-refractivity contribution in [3.05, 3.63) is 42.0 Å². The van der Waals surface area contributed by atoms with Gasteiger partial charge in [-0.2, -0.15) is 0 Å². The van der Waals surface area contributed by atoms with E-state index in [0.717, 1.165) is 31.2 Å². The lowest BCUT2D eigenvalue weighted by molar-refractivity contribution is 0.0951. The maximum Gasteiger partial charge on any atom is 0.268 e. The lowest BCUT2D eigenvalue weighted by Gasteiger charge is -2.08. The van der Waals surface area contributed by atoms with Crippen LogP contribution in [0.5, 0.6) is 5.75 Å². The summed E-state index contributed by atoms with van der Waals surface area (Å²) >= 11 is 0. The van der Waals surface area contributed by atoms with Crippen molar-refractivity contribution in [3.63, 3.8) is 0 Å². The number of hydrogen-bond acceptors (Lipinski definition) is 3. The number of carbonyl (C=O) groups excluding carboxylic acids is 1. The lowest BCUT2D eigenvalue weighted by atomic mass is 10.0. The molecule has 0 atom stereocenters. The summed E-state index contributed by atoms with van der Waals surface area (Å²) in [4.78, 5) is 11.5. The molecule has 4 heteroatoms. The van der Waals surface area contributed by atoms with Gasteiger partial charge < -0.3 is 5.11 Å². The second-order valence-corrected chi connectivity index (χ2v) is 5.94. The Labute approximate surface area is 139 Å². The molecule has 0 bridgehead atoms. The zero-order valence-corrected chi connectivity index (χ0v) is 14.0. The fourth-order valence-corrected chi connectivity index (χ4v) is 2.72. The summed E-state index contributed by atoms with van der Waals surface area (Å²) in [6, 6.07) is 5.22. The standard InChI is InChI=1S/C19H30N2O2/c1-2-3-4-5-6-7-8-9-10-11-13-16-14-12-15-17(18(16)22)19(23)21-20/h2,12,14-15,22H,1,3-11,13,20H2,(H,21,23). The smallest absolute Gasteiger partial charge is 0.268 e. The number of nitrogens with one attached hydrogen (secondary N) is 1. The van der Waals surface area contributed by atoms with Crippen molar-refractivity contribution in [2.75, 3.05) is 0 Å². The van der Waals surface area contributed by atoms with Gasteiger partial charge in [0.05, 0.1) is 5.56 Å². The number of allylic oxidation sites excluding steroid dienone is 1. The molecule has 1 amide bonds. The van der Waals surface area contributed by atoms with Crippen LogP contribution in [-0.2, 0) is 6.42 Å². The van der Waals surface area contributed by atoms with Gasteiger partial charge in [-0.05, 0) is 37.3 Å². The molecule has 0 fully saturated rings. The molecule has 0 aliphatic rings. The highest BCUT2D eigenvalue weighted by Crippen LogP contribution is 2.24. The van der Waals surface area contributed by atoms with Crippen molar-refractivity contribution in [3.8, 4) is 5.75 Å². The molecule has 1 rings (SSSR count). The molecule has 128 valence electrons. The number of unbranched alkanes of at least 4 members (excludes halogenated alkanes) is 8. The van der Waals surface area contributed by atoms with Gasteiger partial charge in [0.25, 0.3) is 5.91 Å². The molecule has 0 radical (unpaired) electrons. The van der Waals surface area contributed by atoms with E-state index in [0.29, 0.717) is 0 Å². The van der Waals surface area contributed by atoms with Gasteiger partial charge >= 0.3 is 0 Å². The molecule has 1 aromatic rings. The van der Waals surface area contributed by atoms with E-state index < -0.39 is 5.91 Å². The molecule has 0 saturated heterocycles. The monoisotopic (exact) mass is 318 g/mol. The van der Waals surface area contributed by atoms with Crippen molar-refractivity contribution in [1.29, 1.82) is 0 Å². The van der Waals surface area contributed by atoms with Crippen LogP contribution in [0, 0.1) is 0 Å². The van der Waals surface area contributed by atoms with E-state index in [1.165, 1.54) is 38.5 Å². The Morgan fingerprint density at radius 1 is 1.09 bits per heavy atom. The highest BCUT2D eigenvalue weighted by atomic mass is 16.3. The summed E-state index contributed by atoms with van der Waals surface area (Å²) in [5.74, 6) is 4.71. The number of hydrazine groups is 1. The van der Waals surface area contributed by atoms with Crippen LogP contribution in [0.1, 0.15) is 73.7 Å². The number of benzene rings is 1. The number of nitrogen functional groups attached to an aromatic ring is 1. The molecule has 4 nitrogen and oxygen atoms in total. The van der Waals surface area contributed by atoms with Gasteiger partial charge in [0.15, 0.2) is 0 Å². The summed E-state index contributed by atoms with van der Waals surface area (Å²) in [6.07, 6.45) is 13.8. The van der Waals surface area contributed by atoms with Crippen molar-refractivity contribution in [2.24, 2.45) is 5.84 Å². The van der Waals surface area contributed by atoms with E-state index in [2.05, 4.69) is 12.0 Å². The minimum Gasteiger partial charge on any atom is -0.507 e. The second-order valence-electron chi connectivity index (χ2n) is 5.94. The maximum absolute atomic E-state index is 11.5. The highest BCUT2D eigenvalue weighted by Gasteiger charge is 2.12. The minimum absolute atomic E-state index is 0.0534. The largest absolute Gasteiger partial charge is 0.507 e. The molecule has 4 N–H and O–H groups in total. The van der Waals surface area contributed by atoms with Crippen LogP contribution < -0.4 is 11.3 Å². The fourth-order valence-electron chi connectivity index (χ4n) is 2.72. The van der Waals surface area contributed by atoms with Crippen molar-refractivity contribution in [1.82, 2.24) is 5.43 Å². The van der Waals surface area contributed by atoms with E-state index in [1.54, 1.807) is 12.1 Å². The Morgan fingerprint density at radius 3 is 2.30 bits per heavy atom. The van der Waals surface area contributed by atoms with Crippen molar-refractivity contribution >= 4 is 5.91 Å². The normalized spacial score (nSPS) is 10.5. The summed E-state index contributed by atoms with van der Waals surface area (Å²) < 4.78 is 0. The number of para-hydroxylation sites is 1. The van der Waals surface area contributed by atoms with E-state index >= 15 is 0 Å². The van der Waals surface area contributed by atoms with Crippen molar-refractivity contribution in [2.45, 2.75) is 64.2 Å². The molecule has 0 unspecified atom stereocenters. The zero-order chi connectivity index (χ0) is 16.9. The first-order chi connectivity index (χ1) is 11.2. The molecular weight excluding hydrogens is 288 g/mol. The van der Waals surface area contributed by atoms with Gasteiger partial charge in [-0.25, -0.2) is 5.84 Å². The average molecular weight is 318 g/mol. The first-order valence-electron chi connectivity index (χ1n) is 8.63. The molecule has 0 spiro atoms. The third-order valence-corrected chi connectivity index (χ3v) is 4.10. The summed E-state index contributed by atoms with van der Waals surface area (Å²) in [5, 5.41) is 10.1. The number of aromatic hydroxyl groups is 1. The average Bonchev–Trinajstić information content (AvgIpc) is 2.57. The first-order valence-corrected chi connectivity index (χ1v) is 8.63. The van der Waals surface area contributed by atoms with Crippen molar-refractivity contribution < 1.29 is 9.90 Å². The molecule has 0 aromatic heterocycles. The minimum atomic E-state index is -0.458. The van der Waals surface area contributed by atoms with Crippen LogP contribution in [0.15, 0.2) is 30.9 Å². The lowest BCUT2D eigenvalue weighted by Crippen LogP contribution is -2.30. The molecule has 1 aromatic carbocycles. The van der Waals surface area contributed by atoms with Crippen LogP contribution in [0.25, 0.3) is 0 Å². The Balaban J connectivity index is 2.19. The third-order valence-electron chi connectivity index (χ3n) is 4.10. The number of nitrogens with two attached hydrogens (primary N) is 1. The molecular formula is C19H30N2O2. The Bertz CT molecular complexity index is 486. The Hall–Kier alpha value is -1.81. The molecule has 0 aliphatic heterocycles. The van der Waals surface area contributed by atoms with Crippen LogP contribution in [0.2, 0.25) is 0 Å². The molecule has 0 aliphatic carbocycles. The van der Waals surface area contributed by atoms with E-state index in [9.17, 15) is 9.90 Å². The molecule has 0 saturated carbocycles. The van der Waals surface area contributed by atoms with Gasteiger partial charge in [-0.3, -0.25) is 10.2 Å². The SMILES string of the molecule is C=CCCCCCCCCCCc1cccc(C(=O)NN)c1O. The zero-order valence-electron chi connectivity index (χ0n) is 14.0. The Morgan fingerprint density at radius 2 is 1.70 bits per heavy atom. The quantitative estimate of drug-likeness (QED) is 0.177. The second kappa shape index (κ2) is 11.7. The van der Waals surface area contributed by atoms with Crippen LogP contribution in [-0.4, -0.2) is 11.0 Å². The summed E-state index contributed by atoms with van der Waals surface area (Å²) in [6.45, 7) is 3.73. The molecule has 0 heterocycles. The third kappa shape index (κ3) is 7.33. The van der Waals surface area contributed by atoms with Gasteiger partial charge in [-0.15, -0.1) is 6.58 Å². The number of aryl methyl sites for hydroxylation is 1. The predicted octanol–water partition coefficient (Wildman–Crippen LogP) is 4.24. The predicted molar refractivity (Wildman–Crippen MR) is 95.2 cm³/mol. The van der Waals surface area contributed by atoms with E-state index in [1.807, 2.05) is 12.1 Å². The number of phenolic OH excluding ortho intramolecular Hbond substituents is 1. The van der Waals surface area contributed by atoms with Gasteiger partial charge in [-0.1, -0.05) is 56.7 Å². The van der Waals surface area contributed by atoms with E-state index in [4.69, 9.17) is 5.84 Å². The number of rotatable bonds is 12. The van der Waals surface area contributed by atoms with Gasteiger partial charge in [0.2, 0.25) is 0 Å². The van der Waals surface area contributed by atoms with E-state index in [-0.39, 0.29) is 11.3 Å². The van der Waals surface area contributed by atoms with Gasteiger partial charge in [0, 0.05) is 0 Å². The first kappa shape index (κ1) is 19.2. The summed E-state index contributed by atoms with van der Waals surface area (Å²) in [5.41, 5.74) is 3.11. The Kier molecular flexibility index (Phi) is 9.80. The highest BCUT2D eigenvalue weighted by molar-refractivity contribution is 5.96. The number of carbonyl (C=O) groups is 1. The van der Waals surface area contributed by atoms with Gasteiger partial charge in [0.1, 0.15) is 5.75 Å². The van der Waals surface area contributed by atoms with Crippen LogP contribution in [0.4, 0.5) is 0 Å². The summed E-state index contributed by atoms with van der Waals surface area (Å²) in [7, 11) is 0.